The average Bonchev–Trinajstić information content (AvgIpc) is 2.68. The lowest BCUT2D eigenvalue weighted by Crippen LogP contribution is -2.12. The number of nitrogens with two attached hydrogens (primary N) is 1. The van der Waals surface area contributed by atoms with E-state index < -0.39 is 0 Å². The predicted octanol–water partition coefficient (Wildman–Crippen LogP) is 4.90. The zero-order valence-corrected chi connectivity index (χ0v) is 13.3. The highest BCUT2D eigenvalue weighted by Crippen LogP contribution is 2.27. The summed E-state index contributed by atoms with van der Waals surface area (Å²) in [5, 5.41) is 0.753. The van der Waals surface area contributed by atoms with E-state index in [1.165, 1.54) is 4.88 Å². The summed E-state index contributed by atoms with van der Waals surface area (Å²) in [4.78, 5) is 1.19. The van der Waals surface area contributed by atoms with Crippen LogP contribution < -0.4 is 5.73 Å². The Hall–Kier alpha value is 0.190. The number of benzene rings is 1. The van der Waals surface area contributed by atoms with Crippen molar-refractivity contribution in [1.29, 1.82) is 0 Å². The molecular weight excluding hydrogens is 388 g/mol. The van der Waals surface area contributed by atoms with E-state index in [-0.39, 0.29) is 6.04 Å². The molecule has 90 valence electrons. The first-order chi connectivity index (χ1) is 8.06. The molecule has 0 aliphatic heterocycles. The maximum absolute atomic E-state index is 6.16. The van der Waals surface area contributed by atoms with Crippen LogP contribution in [0.15, 0.2) is 30.3 Å². The fourth-order valence-electron chi connectivity index (χ4n) is 1.54. The Labute approximate surface area is 128 Å². The molecule has 5 heteroatoms. The van der Waals surface area contributed by atoms with Gasteiger partial charge in [-0.05, 0) is 52.4 Å². The van der Waals surface area contributed by atoms with Crippen LogP contribution in [-0.4, -0.2) is 0 Å². The van der Waals surface area contributed by atoms with Crippen LogP contribution in [0.2, 0.25) is 9.36 Å². The minimum atomic E-state index is -0.0424. The van der Waals surface area contributed by atoms with Gasteiger partial charge in [-0.1, -0.05) is 29.3 Å². The molecule has 0 aliphatic carbocycles. The van der Waals surface area contributed by atoms with Crippen LogP contribution in [0.5, 0.6) is 0 Å². The van der Waals surface area contributed by atoms with Gasteiger partial charge < -0.3 is 5.73 Å². The maximum atomic E-state index is 6.16. The van der Waals surface area contributed by atoms with Crippen LogP contribution in [0.4, 0.5) is 0 Å². The highest BCUT2D eigenvalue weighted by Gasteiger charge is 2.10. The van der Waals surface area contributed by atoms with E-state index in [9.17, 15) is 0 Å². The van der Waals surface area contributed by atoms with Crippen molar-refractivity contribution in [3.05, 3.63) is 53.7 Å². The van der Waals surface area contributed by atoms with Crippen molar-refractivity contribution in [3.63, 3.8) is 0 Å². The quantitative estimate of drug-likeness (QED) is 0.732. The van der Waals surface area contributed by atoms with Crippen LogP contribution >= 0.6 is 57.1 Å². The summed E-state index contributed by atoms with van der Waals surface area (Å²) in [6.07, 6.45) is 0.786. The molecule has 0 spiro atoms. The normalized spacial score (nSPS) is 12.7. The molecule has 0 saturated heterocycles. The fourth-order valence-corrected chi connectivity index (χ4v) is 3.21. The molecule has 0 radical (unpaired) electrons. The van der Waals surface area contributed by atoms with E-state index >= 15 is 0 Å². The minimum Gasteiger partial charge on any atom is -0.324 e. The number of thiophene rings is 1. The van der Waals surface area contributed by atoms with Gasteiger partial charge in [-0.2, -0.15) is 0 Å². The molecule has 0 saturated carbocycles. The van der Waals surface area contributed by atoms with Gasteiger partial charge in [0.25, 0.3) is 0 Å². The van der Waals surface area contributed by atoms with Gasteiger partial charge in [0.1, 0.15) is 0 Å². The third-order valence-electron chi connectivity index (χ3n) is 2.42. The molecule has 17 heavy (non-hydrogen) atoms. The molecule has 0 amide bonds. The fraction of sp³-hybridized carbons (Fsp3) is 0.167. The molecule has 1 unspecified atom stereocenters. The summed E-state index contributed by atoms with van der Waals surface area (Å²) in [6.45, 7) is 0. The second-order valence-corrected chi connectivity index (χ2v) is 7.06. The Morgan fingerprint density at radius 3 is 2.59 bits per heavy atom. The van der Waals surface area contributed by atoms with E-state index in [1.54, 1.807) is 11.3 Å². The van der Waals surface area contributed by atoms with Crippen LogP contribution in [0.3, 0.4) is 0 Å². The second-order valence-electron chi connectivity index (χ2n) is 3.69. The van der Waals surface area contributed by atoms with E-state index in [2.05, 4.69) is 22.6 Å². The Bertz CT molecular complexity index is 527. The largest absolute Gasteiger partial charge is 0.324 e. The lowest BCUT2D eigenvalue weighted by molar-refractivity contribution is 0.730. The van der Waals surface area contributed by atoms with Gasteiger partial charge >= 0.3 is 0 Å². The summed E-state index contributed by atoms with van der Waals surface area (Å²) in [7, 11) is 0. The lowest BCUT2D eigenvalue weighted by Gasteiger charge is -2.11. The standard InChI is InChI=1S/C12H10Cl2INS/c13-9-5-7(1-3-10(9)15)11(16)6-8-2-4-12(14)17-8/h1-5,11H,6,16H2. The van der Waals surface area contributed by atoms with Crippen LogP contribution in [0.1, 0.15) is 16.5 Å². The van der Waals surface area contributed by atoms with Crippen molar-refractivity contribution in [2.24, 2.45) is 5.73 Å². The molecule has 1 aromatic heterocycles. The molecule has 1 atom stereocenters. The van der Waals surface area contributed by atoms with Crippen molar-refractivity contribution in [1.82, 2.24) is 0 Å². The first kappa shape index (κ1) is 13.6. The third kappa shape index (κ3) is 3.58. The summed E-state index contributed by atoms with van der Waals surface area (Å²) in [5.41, 5.74) is 7.21. The van der Waals surface area contributed by atoms with E-state index in [4.69, 9.17) is 28.9 Å². The van der Waals surface area contributed by atoms with Gasteiger partial charge in [-0.3, -0.25) is 0 Å². The van der Waals surface area contributed by atoms with Gasteiger partial charge in [-0.15, -0.1) is 11.3 Å². The third-order valence-corrected chi connectivity index (χ3v) is 5.25. The highest BCUT2D eigenvalue weighted by molar-refractivity contribution is 14.1. The summed E-state index contributed by atoms with van der Waals surface area (Å²) < 4.78 is 1.84. The molecular formula is C12H10Cl2INS. The van der Waals surface area contributed by atoms with Crippen molar-refractivity contribution in [2.75, 3.05) is 0 Å². The van der Waals surface area contributed by atoms with Crippen molar-refractivity contribution in [2.45, 2.75) is 12.5 Å². The minimum absolute atomic E-state index is 0.0424. The number of hydrogen-bond acceptors (Lipinski definition) is 2. The number of rotatable bonds is 3. The molecule has 2 rings (SSSR count). The topological polar surface area (TPSA) is 26.0 Å². The maximum Gasteiger partial charge on any atom is 0.0931 e. The monoisotopic (exact) mass is 397 g/mol. The Kier molecular flexibility index (Phi) is 4.72. The SMILES string of the molecule is NC(Cc1ccc(Cl)s1)c1ccc(I)c(Cl)c1. The van der Waals surface area contributed by atoms with E-state index in [0.29, 0.717) is 0 Å². The Morgan fingerprint density at radius 1 is 1.24 bits per heavy atom. The first-order valence-electron chi connectivity index (χ1n) is 5.01. The smallest absolute Gasteiger partial charge is 0.0931 e. The molecule has 1 aromatic carbocycles. The molecule has 1 heterocycles. The first-order valence-corrected chi connectivity index (χ1v) is 7.66. The van der Waals surface area contributed by atoms with Crippen molar-refractivity contribution < 1.29 is 0 Å². The van der Waals surface area contributed by atoms with Crippen molar-refractivity contribution in [3.8, 4) is 0 Å². The second kappa shape index (κ2) is 5.89. The molecule has 0 bridgehead atoms. The van der Waals surface area contributed by atoms with E-state index in [1.807, 2.05) is 30.3 Å². The molecule has 2 aromatic rings. The zero-order chi connectivity index (χ0) is 12.4. The zero-order valence-electron chi connectivity index (χ0n) is 8.79. The molecule has 2 N–H and O–H groups in total. The highest BCUT2D eigenvalue weighted by atomic mass is 127. The summed E-state index contributed by atoms with van der Waals surface area (Å²) >= 11 is 15.7. The Morgan fingerprint density at radius 2 is 2.00 bits per heavy atom. The molecule has 1 nitrogen and oxygen atoms in total. The van der Waals surface area contributed by atoms with Crippen LogP contribution in [0.25, 0.3) is 0 Å². The van der Waals surface area contributed by atoms with Gasteiger partial charge in [0.05, 0.1) is 9.36 Å². The van der Waals surface area contributed by atoms with Crippen LogP contribution in [0, 0.1) is 3.57 Å². The predicted molar refractivity (Wildman–Crippen MR) is 84.1 cm³/mol. The molecule has 0 aliphatic rings. The molecule has 0 fully saturated rings. The Balaban J connectivity index is 2.14. The van der Waals surface area contributed by atoms with Crippen molar-refractivity contribution >= 4 is 57.1 Å². The van der Waals surface area contributed by atoms with Gasteiger partial charge in [0, 0.05) is 20.9 Å². The van der Waals surface area contributed by atoms with Gasteiger partial charge in [0.2, 0.25) is 0 Å². The number of halogens is 3. The lowest BCUT2D eigenvalue weighted by atomic mass is 10.0. The number of hydrogen-bond donors (Lipinski definition) is 1. The summed E-state index contributed by atoms with van der Waals surface area (Å²) in [5.74, 6) is 0. The average molecular weight is 398 g/mol. The van der Waals surface area contributed by atoms with Gasteiger partial charge in [0.15, 0.2) is 0 Å². The van der Waals surface area contributed by atoms with Crippen LogP contribution in [-0.2, 0) is 6.42 Å². The van der Waals surface area contributed by atoms with E-state index in [0.717, 1.165) is 24.9 Å². The summed E-state index contributed by atoms with van der Waals surface area (Å²) in [6, 6.07) is 9.81. The van der Waals surface area contributed by atoms with Gasteiger partial charge in [-0.25, -0.2) is 0 Å².